The monoisotopic (exact) mass is 531 g/mol. The first-order valence-corrected chi connectivity index (χ1v) is 10.9. The molecule has 170 valence electrons. The molecule has 2 fully saturated rings. The number of hydrogen-bond donors (Lipinski definition) is 2. The molecular formula is C23H38IN3O3. The van der Waals surface area contributed by atoms with Crippen LogP contribution in [0.5, 0.6) is 0 Å². The quantitative estimate of drug-likeness (QED) is 0.273. The fourth-order valence-corrected chi connectivity index (χ4v) is 4.07. The number of halogens is 1. The van der Waals surface area contributed by atoms with Gasteiger partial charge in [0.2, 0.25) is 0 Å². The highest BCUT2D eigenvalue weighted by Gasteiger charge is 2.36. The number of methoxy groups -OCH3 is 1. The second-order valence-electron chi connectivity index (χ2n) is 8.32. The van der Waals surface area contributed by atoms with Gasteiger partial charge in [0.1, 0.15) is 0 Å². The molecule has 1 aromatic rings. The van der Waals surface area contributed by atoms with Gasteiger partial charge in [0.05, 0.1) is 12.7 Å². The Balaban J connectivity index is 0.00000320. The molecule has 0 amide bonds. The summed E-state index contributed by atoms with van der Waals surface area (Å²) in [5, 5.41) is 6.97. The topological polar surface area (TPSA) is 64.1 Å². The minimum atomic E-state index is 0. The Morgan fingerprint density at radius 1 is 1.20 bits per heavy atom. The van der Waals surface area contributed by atoms with Gasteiger partial charge in [-0.05, 0) is 48.6 Å². The second kappa shape index (κ2) is 13.5. The Hall–Kier alpha value is -0.900. The lowest BCUT2D eigenvalue weighted by Crippen LogP contribution is -2.46. The normalized spacial score (nSPS) is 18.9. The molecule has 1 saturated carbocycles. The third-order valence-electron chi connectivity index (χ3n) is 6.21. The van der Waals surface area contributed by atoms with Gasteiger partial charge in [0.15, 0.2) is 5.96 Å². The first-order chi connectivity index (χ1) is 14.2. The molecule has 1 aromatic carbocycles. The molecule has 30 heavy (non-hydrogen) atoms. The third-order valence-corrected chi connectivity index (χ3v) is 6.21. The molecule has 0 unspecified atom stereocenters. The average Bonchev–Trinajstić information content (AvgIpc) is 2.74. The number of nitrogens with zero attached hydrogens (tertiary/aromatic N) is 1. The molecule has 0 atom stereocenters. The lowest BCUT2D eigenvalue weighted by atomic mass is 9.67. The summed E-state index contributed by atoms with van der Waals surface area (Å²) in [6, 6.07) is 8.59. The lowest BCUT2D eigenvalue weighted by molar-refractivity contribution is -0.0390. The van der Waals surface area contributed by atoms with Gasteiger partial charge in [-0.2, -0.15) is 0 Å². The molecule has 1 aliphatic heterocycles. The molecule has 1 saturated heterocycles. The summed E-state index contributed by atoms with van der Waals surface area (Å²) in [7, 11) is 3.61. The van der Waals surface area contributed by atoms with Gasteiger partial charge in [-0.25, -0.2) is 0 Å². The van der Waals surface area contributed by atoms with E-state index in [4.69, 9.17) is 14.2 Å². The molecule has 1 heterocycles. The van der Waals surface area contributed by atoms with Crippen LogP contribution in [0.15, 0.2) is 29.3 Å². The molecule has 3 rings (SSSR count). The Kier molecular flexibility index (Phi) is 11.4. The van der Waals surface area contributed by atoms with Crippen LogP contribution in [0, 0.1) is 5.41 Å². The van der Waals surface area contributed by atoms with Crippen molar-refractivity contribution in [2.45, 2.75) is 57.8 Å². The van der Waals surface area contributed by atoms with Crippen molar-refractivity contribution in [2.24, 2.45) is 10.4 Å². The van der Waals surface area contributed by atoms with E-state index in [1.54, 1.807) is 7.11 Å². The zero-order valence-electron chi connectivity index (χ0n) is 18.5. The zero-order chi connectivity index (χ0) is 20.4. The van der Waals surface area contributed by atoms with E-state index in [9.17, 15) is 0 Å². The van der Waals surface area contributed by atoms with E-state index >= 15 is 0 Å². The summed E-state index contributed by atoms with van der Waals surface area (Å²) in [6.07, 6.45) is 7.29. The highest BCUT2D eigenvalue weighted by atomic mass is 127. The van der Waals surface area contributed by atoms with Crippen LogP contribution < -0.4 is 10.6 Å². The van der Waals surface area contributed by atoms with E-state index in [2.05, 4.69) is 39.9 Å². The summed E-state index contributed by atoms with van der Waals surface area (Å²) in [4.78, 5) is 4.39. The van der Waals surface area contributed by atoms with E-state index < -0.39 is 0 Å². The van der Waals surface area contributed by atoms with E-state index in [1.807, 2.05) is 7.05 Å². The van der Waals surface area contributed by atoms with Crippen LogP contribution in [0.4, 0.5) is 0 Å². The predicted molar refractivity (Wildman–Crippen MR) is 131 cm³/mol. The van der Waals surface area contributed by atoms with Crippen molar-refractivity contribution in [2.75, 3.05) is 40.5 Å². The zero-order valence-corrected chi connectivity index (χ0v) is 20.8. The number of aliphatic imine (C=N–C) groups is 1. The van der Waals surface area contributed by atoms with E-state index in [0.29, 0.717) is 18.1 Å². The van der Waals surface area contributed by atoms with E-state index in [-0.39, 0.29) is 24.0 Å². The van der Waals surface area contributed by atoms with Crippen molar-refractivity contribution in [1.29, 1.82) is 0 Å². The molecule has 6 nitrogen and oxygen atoms in total. The number of guanidine groups is 1. The largest absolute Gasteiger partial charge is 0.385 e. The maximum Gasteiger partial charge on any atom is 0.191 e. The first kappa shape index (κ1) is 25.4. The van der Waals surface area contributed by atoms with Crippen LogP contribution in [0.1, 0.15) is 49.7 Å². The van der Waals surface area contributed by atoms with Crippen molar-refractivity contribution in [1.82, 2.24) is 10.6 Å². The Morgan fingerprint density at radius 2 is 1.97 bits per heavy atom. The number of hydrogen-bond acceptors (Lipinski definition) is 4. The van der Waals surface area contributed by atoms with E-state index in [0.717, 1.165) is 58.1 Å². The van der Waals surface area contributed by atoms with Gasteiger partial charge in [0.25, 0.3) is 0 Å². The second-order valence-corrected chi connectivity index (χ2v) is 8.32. The highest BCUT2D eigenvalue weighted by Crippen LogP contribution is 2.43. The maximum absolute atomic E-state index is 6.05. The van der Waals surface area contributed by atoms with Crippen LogP contribution in [0.3, 0.4) is 0 Å². The van der Waals surface area contributed by atoms with Crippen molar-refractivity contribution in [3.63, 3.8) is 0 Å². The van der Waals surface area contributed by atoms with Gasteiger partial charge in [0, 0.05) is 47.1 Å². The Morgan fingerprint density at radius 3 is 2.63 bits per heavy atom. The van der Waals surface area contributed by atoms with Gasteiger partial charge in [-0.15, -0.1) is 24.0 Å². The van der Waals surface area contributed by atoms with Crippen LogP contribution in [0.2, 0.25) is 0 Å². The SMILES string of the molecule is CN=C(NCc1cccc(COC2CCOCC2)c1)NCC1(CCOC)CCC1.I. The molecule has 2 aliphatic rings. The fraction of sp³-hybridized carbons (Fsp3) is 0.696. The van der Waals surface area contributed by atoms with Gasteiger partial charge < -0.3 is 24.8 Å². The van der Waals surface area contributed by atoms with Gasteiger partial charge in [-0.3, -0.25) is 4.99 Å². The highest BCUT2D eigenvalue weighted by molar-refractivity contribution is 14.0. The smallest absolute Gasteiger partial charge is 0.191 e. The molecular weight excluding hydrogens is 493 g/mol. The molecule has 2 N–H and O–H groups in total. The summed E-state index contributed by atoms with van der Waals surface area (Å²) in [6.45, 7) is 4.82. The Labute approximate surface area is 198 Å². The summed E-state index contributed by atoms with van der Waals surface area (Å²) in [5.74, 6) is 0.859. The van der Waals surface area contributed by atoms with Gasteiger partial charge in [-0.1, -0.05) is 30.7 Å². The van der Waals surface area contributed by atoms with Crippen LogP contribution >= 0.6 is 24.0 Å². The number of rotatable bonds is 10. The number of benzene rings is 1. The lowest BCUT2D eigenvalue weighted by Gasteiger charge is -2.42. The van der Waals surface area contributed by atoms with Gasteiger partial charge >= 0.3 is 0 Å². The minimum Gasteiger partial charge on any atom is -0.385 e. The maximum atomic E-state index is 6.05. The molecule has 7 heteroatoms. The predicted octanol–water partition coefficient (Wildman–Crippen LogP) is 3.87. The standard InChI is InChI=1S/C23H37N3O3.HI/c1-24-22(26-18-23(9-4-10-23)11-14-27-2)25-16-19-5-3-6-20(15-19)17-29-21-7-12-28-13-8-21;/h3,5-6,15,21H,4,7-14,16-18H2,1-2H3,(H2,24,25,26);1H. The minimum absolute atomic E-state index is 0. The molecule has 0 radical (unpaired) electrons. The third kappa shape index (κ3) is 7.98. The van der Waals surface area contributed by atoms with Crippen molar-refractivity contribution in [3.05, 3.63) is 35.4 Å². The molecule has 0 bridgehead atoms. The Bertz CT molecular complexity index is 646. The van der Waals surface area contributed by atoms with Crippen LogP contribution in [-0.4, -0.2) is 52.6 Å². The number of ether oxygens (including phenoxy) is 3. The van der Waals surface area contributed by atoms with E-state index in [1.165, 1.54) is 30.4 Å². The van der Waals surface area contributed by atoms with Crippen molar-refractivity contribution >= 4 is 29.9 Å². The van der Waals surface area contributed by atoms with Crippen molar-refractivity contribution < 1.29 is 14.2 Å². The van der Waals surface area contributed by atoms with Crippen molar-refractivity contribution in [3.8, 4) is 0 Å². The summed E-state index contributed by atoms with van der Waals surface area (Å²) < 4.78 is 16.7. The van der Waals surface area contributed by atoms with Crippen LogP contribution in [0.25, 0.3) is 0 Å². The molecule has 1 aliphatic carbocycles. The summed E-state index contributed by atoms with van der Waals surface area (Å²) in [5.41, 5.74) is 2.82. The fourth-order valence-electron chi connectivity index (χ4n) is 4.07. The molecule has 0 spiro atoms. The number of nitrogens with one attached hydrogen (secondary N) is 2. The van der Waals surface area contributed by atoms with Crippen LogP contribution in [-0.2, 0) is 27.4 Å². The molecule has 0 aromatic heterocycles. The first-order valence-electron chi connectivity index (χ1n) is 10.9. The summed E-state index contributed by atoms with van der Waals surface area (Å²) >= 11 is 0. The average molecular weight is 531 g/mol.